The molecular weight excluding hydrogens is 1130 g/mol. The van der Waals surface area contributed by atoms with Gasteiger partial charge in [-0.05, 0) is 93.9 Å². The summed E-state index contributed by atoms with van der Waals surface area (Å²) in [5.41, 5.74) is 7.80. The molecule has 5 atom stereocenters. The fraction of sp³-hybridized carbons (Fsp3) is 0.453. The molecule has 2 aliphatic heterocycles. The highest BCUT2D eigenvalue weighted by molar-refractivity contribution is 6.06. The number of hydrogen-bond acceptors (Lipinski definition) is 18. The number of ether oxygens (including phenoxy) is 4. The second-order valence-corrected chi connectivity index (χ2v) is 24.4. The number of fused-ring (bicyclic) bond motifs is 2. The number of benzene rings is 4. The number of β-amino-alcohol motifs (C(OH)–C–C–N with tert-alkyl or cyclic N) is 1. The number of nitrogens with zero attached hydrogens (tertiary/aromatic N) is 10. The van der Waals surface area contributed by atoms with Gasteiger partial charge in [0.2, 0.25) is 11.8 Å². The third-order valence-corrected chi connectivity index (χ3v) is 17.6. The predicted molar refractivity (Wildman–Crippen MR) is 324 cm³/mol. The predicted octanol–water partition coefficient (Wildman–Crippen LogP) is 8.05. The minimum absolute atomic E-state index is 0.0133. The molecule has 5 N–H and O–H groups in total. The minimum atomic E-state index is -1.02. The lowest BCUT2D eigenvalue weighted by Gasteiger charge is -2.43. The van der Waals surface area contributed by atoms with Crippen LogP contribution in [-0.2, 0) is 25.7 Å². The van der Waals surface area contributed by atoms with Gasteiger partial charge in [-0.1, -0.05) is 67.6 Å². The van der Waals surface area contributed by atoms with Gasteiger partial charge in [-0.3, -0.25) is 14.7 Å². The van der Waals surface area contributed by atoms with Crippen LogP contribution in [0.15, 0.2) is 83.9 Å². The zero-order chi connectivity index (χ0) is 61.7. The first-order valence-electron chi connectivity index (χ1n) is 30.0. The fourth-order valence-electron chi connectivity index (χ4n) is 12.1. The third kappa shape index (κ3) is 12.1. The topological polar surface area (TPSA) is 274 Å². The van der Waals surface area contributed by atoms with Crippen LogP contribution in [0.5, 0.6) is 11.8 Å². The molecule has 88 heavy (non-hydrogen) atoms. The van der Waals surface area contributed by atoms with Gasteiger partial charge in [0.05, 0.1) is 54.5 Å². The number of H-pyrrole nitrogens is 1. The third-order valence-electron chi connectivity index (χ3n) is 17.6. The molecular formula is C64H74FN13O10. The van der Waals surface area contributed by atoms with Crippen molar-refractivity contribution in [2.75, 3.05) is 59.4 Å². The molecule has 0 spiro atoms. The van der Waals surface area contributed by atoms with Crippen molar-refractivity contribution in [1.82, 2.24) is 60.2 Å². The van der Waals surface area contributed by atoms with Crippen molar-refractivity contribution in [3.8, 4) is 45.5 Å². The van der Waals surface area contributed by atoms with E-state index in [0.29, 0.717) is 86.4 Å². The Kier molecular flexibility index (Phi) is 16.9. The molecule has 4 aliphatic rings. The number of amides is 3. The summed E-state index contributed by atoms with van der Waals surface area (Å²) in [6, 6.07) is 16.0. The molecule has 2 aliphatic carbocycles. The number of aromatic nitrogens is 8. The molecule has 6 heterocycles. The Morgan fingerprint density at radius 1 is 0.932 bits per heavy atom. The zero-order valence-electron chi connectivity index (χ0n) is 50.6. The molecule has 0 bridgehead atoms. The van der Waals surface area contributed by atoms with E-state index in [4.69, 9.17) is 33.3 Å². The highest BCUT2D eigenvalue weighted by atomic mass is 19.1. The first-order valence-corrected chi connectivity index (χ1v) is 30.0. The maximum atomic E-state index is 16.2. The average Bonchev–Trinajstić information content (AvgIpc) is 1.33. The summed E-state index contributed by atoms with van der Waals surface area (Å²) in [7, 11) is 5.66. The fourth-order valence-corrected chi connectivity index (χ4v) is 12.1. The number of hydrogen-bond donors (Lipinski definition) is 5. The zero-order valence-corrected chi connectivity index (χ0v) is 50.6. The minimum Gasteiger partial charge on any atom is -0.486 e. The van der Waals surface area contributed by atoms with Crippen LogP contribution in [-0.4, -0.2) is 173 Å². The highest BCUT2D eigenvalue weighted by Crippen LogP contribution is 2.53. The number of halogens is 1. The van der Waals surface area contributed by atoms with Crippen LogP contribution in [0.1, 0.15) is 98.8 Å². The molecule has 12 rings (SSSR count). The van der Waals surface area contributed by atoms with Gasteiger partial charge in [0.1, 0.15) is 54.2 Å². The number of aryl methyl sites for hydroxylation is 1. The van der Waals surface area contributed by atoms with Crippen molar-refractivity contribution in [1.29, 1.82) is 0 Å². The van der Waals surface area contributed by atoms with E-state index in [1.54, 1.807) is 43.5 Å². The molecule has 2 saturated heterocycles. The van der Waals surface area contributed by atoms with E-state index >= 15 is 4.39 Å². The Morgan fingerprint density at radius 3 is 2.36 bits per heavy atom. The van der Waals surface area contributed by atoms with Crippen LogP contribution in [0.25, 0.3) is 55.5 Å². The van der Waals surface area contributed by atoms with E-state index in [-0.39, 0.29) is 68.4 Å². The number of carbonyl (C=O) groups is 3. The first-order chi connectivity index (χ1) is 42.4. The number of aliphatic hydroxyl groups is 2. The largest absolute Gasteiger partial charge is 0.486 e. The van der Waals surface area contributed by atoms with Crippen molar-refractivity contribution in [3.63, 3.8) is 0 Å². The number of nitrogens with one attached hydrogen (secondary N) is 3. The van der Waals surface area contributed by atoms with Gasteiger partial charge in [-0.25, -0.2) is 18.9 Å². The Labute approximate surface area is 507 Å². The molecule has 462 valence electrons. The smallest absolute Gasteiger partial charge is 0.410 e. The number of methoxy groups -OCH3 is 1. The number of aliphatic hydroxyl groups excluding tert-OH is 2. The molecule has 0 radical (unpaired) electrons. The van der Waals surface area contributed by atoms with E-state index in [0.717, 1.165) is 53.5 Å². The van der Waals surface area contributed by atoms with E-state index in [1.165, 1.54) is 22.0 Å². The number of anilines is 1. The lowest BCUT2D eigenvalue weighted by Crippen LogP contribution is -2.58. The molecule has 4 aromatic heterocycles. The van der Waals surface area contributed by atoms with Crippen LogP contribution in [0, 0.1) is 25.6 Å². The van der Waals surface area contributed by atoms with Crippen molar-refractivity contribution in [3.05, 3.63) is 113 Å². The molecule has 0 unspecified atom stereocenters. The summed E-state index contributed by atoms with van der Waals surface area (Å²) in [6.45, 7) is 9.77. The molecule has 4 fully saturated rings. The number of oxazole rings is 1. The molecule has 23 nitrogen and oxygen atoms in total. The molecule has 3 amide bonds. The second kappa shape index (κ2) is 24.9. The molecule has 4 aromatic carbocycles. The molecule has 24 heteroatoms. The number of rotatable bonds is 22. The van der Waals surface area contributed by atoms with E-state index in [2.05, 4.69) is 47.1 Å². The molecule has 2 saturated carbocycles. The van der Waals surface area contributed by atoms with Gasteiger partial charge in [-0.15, -0.1) is 5.10 Å². The van der Waals surface area contributed by atoms with Crippen molar-refractivity contribution < 1.29 is 52.4 Å². The van der Waals surface area contributed by atoms with Gasteiger partial charge in [0, 0.05) is 85.1 Å². The van der Waals surface area contributed by atoms with Crippen molar-refractivity contribution >= 4 is 45.5 Å². The lowest BCUT2D eigenvalue weighted by atomic mass is 9.88. The van der Waals surface area contributed by atoms with Gasteiger partial charge in [0.15, 0.2) is 17.9 Å². The Morgan fingerprint density at radius 2 is 1.68 bits per heavy atom. The maximum absolute atomic E-state index is 16.2. The van der Waals surface area contributed by atoms with Crippen LogP contribution in [0.4, 0.5) is 15.0 Å². The van der Waals surface area contributed by atoms with Crippen molar-refractivity contribution in [2.24, 2.45) is 5.92 Å². The lowest BCUT2D eigenvalue weighted by molar-refractivity contribution is -0.142. The first kappa shape index (κ1) is 59.7. The highest BCUT2D eigenvalue weighted by Gasteiger charge is 2.44. The van der Waals surface area contributed by atoms with Crippen molar-refractivity contribution in [2.45, 2.75) is 128 Å². The number of likely N-dealkylation sites (tertiary alicyclic amines) is 2. The standard InChI is InChI=1S/C64H74FN13O10/c1-33(2)57(62(82)77-27-44(80)21-53(77)61(81)69-52(29-79)40-15-17-41(18-16-40)58-36(5)66-32-87-58)78-28-51(73-74-78)39-11-9-37(10-12-39)31-85-59-55(54-35(4)49(65)23-50-48(54)24-67-72-50)46(38-13-14-38)22-47-56(59)70-63(86-30-34(3)84-8)71-60(47)68-42-25-76(26-42)64(83)88-45-19-43(20-45)75(6)7/h9-12,15-18,22-24,28,32-34,38,42-45,52-53,57,79-80H,13-14,19-21,25-27,29-31H2,1-8H3,(H,67,72)(H,69,81)(H,68,70,71)/t34-,43?,44+,45?,52-,53-,57-/m0/s1. The SMILES string of the molecule is CO[C@@H](C)COc1nc(NC2CN(C(=O)OC3CC(N(C)C)C3)C2)c2cc(C3CC3)c(-c3c(C)c(F)cc4[nH]ncc34)c(OCc3ccc(-c4cn([C@H](C(=O)N5C[C@H](O)C[C@H]5C(=O)N[C@@H](CO)c5ccc(-c6ocnc6C)cc5)C(C)C)nn4)cc3)c2n1. The van der Waals surface area contributed by atoms with Crippen LogP contribution in [0.2, 0.25) is 0 Å². The summed E-state index contributed by atoms with van der Waals surface area (Å²) in [6.07, 6.45) is 6.53. The summed E-state index contributed by atoms with van der Waals surface area (Å²) in [5.74, 6) is 0.0102. The Hall–Kier alpha value is -8.58. The van der Waals surface area contributed by atoms with E-state index in [9.17, 15) is 24.6 Å². The van der Waals surface area contributed by atoms with Gasteiger partial charge >= 0.3 is 12.1 Å². The summed E-state index contributed by atoms with van der Waals surface area (Å²) in [4.78, 5) is 61.3. The average molecular weight is 1200 g/mol. The van der Waals surface area contributed by atoms with Crippen LogP contribution >= 0.6 is 0 Å². The monoisotopic (exact) mass is 1200 g/mol. The van der Waals surface area contributed by atoms with Gasteiger partial charge < -0.3 is 58.9 Å². The quantitative estimate of drug-likeness (QED) is 0.0429. The Bertz CT molecular complexity index is 3850. The summed E-state index contributed by atoms with van der Waals surface area (Å²) in [5, 5.41) is 45.5. The van der Waals surface area contributed by atoms with E-state index < -0.39 is 48.5 Å². The Balaban J connectivity index is 0.806. The normalized spacial score (nSPS) is 19.6. The second-order valence-electron chi connectivity index (χ2n) is 24.4. The number of carbonyl (C=O) groups excluding carboxylic acids is 3. The molecule has 8 aromatic rings. The van der Waals surface area contributed by atoms with Crippen LogP contribution < -0.4 is 20.1 Å². The van der Waals surface area contributed by atoms with Gasteiger partial charge in [0.25, 0.3) is 0 Å². The number of aromatic amines is 1. The van der Waals surface area contributed by atoms with Gasteiger partial charge in [-0.2, -0.15) is 15.1 Å². The summed E-state index contributed by atoms with van der Waals surface area (Å²) >= 11 is 0. The summed E-state index contributed by atoms with van der Waals surface area (Å²) < 4.78 is 47.9. The van der Waals surface area contributed by atoms with Crippen LogP contribution in [0.3, 0.4) is 0 Å². The maximum Gasteiger partial charge on any atom is 0.410 e. The van der Waals surface area contributed by atoms with E-state index in [1.807, 2.05) is 78.2 Å².